The van der Waals surface area contributed by atoms with Crippen LogP contribution in [-0.2, 0) is 4.79 Å². The molecule has 0 spiro atoms. The minimum atomic E-state index is -0.657. The van der Waals surface area contributed by atoms with E-state index in [1.807, 2.05) is 25.3 Å². The van der Waals surface area contributed by atoms with Gasteiger partial charge >= 0.3 is 5.97 Å². The number of carboxylic acid groups (broad SMARTS) is 1. The number of carbonyl (C=O) groups is 1. The Bertz CT molecular complexity index is 413. The molecule has 1 aliphatic carbocycles. The monoisotopic (exact) mass is 247 g/mol. The molecular formula is C15H21NO2. The molecule has 0 radical (unpaired) electrons. The predicted molar refractivity (Wildman–Crippen MR) is 70.5 cm³/mol. The highest BCUT2D eigenvalue weighted by Gasteiger charge is 2.35. The van der Waals surface area contributed by atoms with Crippen molar-refractivity contribution in [2.75, 3.05) is 0 Å². The van der Waals surface area contributed by atoms with E-state index in [2.05, 4.69) is 11.9 Å². The van der Waals surface area contributed by atoms with Crippen LogP contribution in [0.3, 0.4) is 0 Å². The van der Waals surface area contributed by atoms with E-state index in [1.54, 1.807) is 0 Å². The summed E-state index contributed by atoms with van der Waals surface area (Å²) in [5.74, 6) is -0.103. The average Bonchev–Trinajstić information content (AvgIpc) is 2.38. The molecule has 1 saturated carbocycles. The first-order chi connectivity index (χ1) is 8.61. The second-order valence-corrected chi connectivity index (χ2v) is 5.37. The number of rotatable bonds is 3. The van der Waals surface area contributed by atoms with Crippen molar-refractivity contribution in [3.05, 3.63) is 29.6 Å². The molecule has 1 aliphatic rings. The highest BCUT2D eigenvalue weighted by molar-refractivity contribution is 5.71. The maximum absolute atomic E-state index is 11.4. The molecule has 0 amide bonds. The molecule has 0 aromatic carbocycles. The summed E-state index contributed by atoms with van der Waals surface area (Å²) in [5.41, 5.74) is 2.07. The van der Waals surface area contributed by atoms with Gasteiger partial charge in [-0.1, -0.05) is 19.4 Å². The van der Waals surface area contributed by atoms with Gasteiger partial charge in [-0.3, -0.25) is 9.78 Å². The minimum absolute atomic E-state index is 0.134. The molecule has 1 heterocycles. The summed E-state index contributed by atoms with van der Waals surface area (Å²) in [6.45, 7) is 4.14. The molecule has 3 atom stereocenters. The van der Waals surface area contributed by atoms with Crippen molar-refractivity contribution < 1.29 is 9.90 Å². The highest BCUT2D eigenvalue weighted by Crippen LogP contribution is 2.41. The number of aliphatic carboxylic acids is 1. The summed E-state index contributed by atoms with van der Waals surface area (Å²) >= 11 is 0. The lowest BCUT2D eigenvalue weighted by Crippen LogP contribution is -2.29. The van der Waals surface area contributed by atoms with Gasteiger partial charge in [0.2, 0.25) is 0 Å². The maximum atomic E-state index is 11.4. The van der Waals surface area contributed by atoms with Crippen molar-refractivity contribution in [1.29, 1.82) is 0 Å². The molecule has 2 rings (SSSR count). The predicted octanol–water partition coefficient (Wildman–Crippen LogP) is 3.38. The van der Waals surface area contributed by atoms with Crippen molar-refractivity contribution >= 4 is 5.97 Å². The Morgan fingerprint density at radius 1 is 1.44 bits per heavy atom. The second kappa shape index (κ2) is 5.51. The summed E-state index contributed by atoms with van der Waals surface area (Å²) in [4.78, 5) is 15.7. The van der Waals surface area contributed by atoms with E-state index >= 15 is 0 Å². The lowest BCUT2D eigenvalue weighted by atomic mass is 9.71. The third kappa shape index (κ3) is 2.71. The van der Waals surface area contributed by atoms with Gasteiger partial charge in [-0.05, 0) is 49.7 Å². The molecule has 1 N–H and O–H groups in total. The normalized spacial score (nSPS) is 28.0. The molecule has 0 bridgehead atoms. The topological polar surface area (TPSA) is 50.2 Å². The molecule has 3 nitrogen and oxygen atoms in total. The molecule has 3 unspecified atom stereocenters. The third-order valence-electron chi connectivity index (χ3n) is 4.22. The number of carboxylic acids is 1. The van der Waals surface area contributed by atoms with Gasteiger partial charge in [-0.2, -0.15) is 0 Å². The Kier molecular flexibility index (Phi) is 4.00. The smallest absolute Gasteiger partial charge is 0.307 e. The zero-order valence-electron chi connectivity index (χ0n) is 11.1. The Morgan fingerprint density at radius 2 is 2.22 bits per heavy atom. The van der Waals surface area contributed by atoms with Crippen molar-refractivity contribution in [2.45, 2.75) is 45.4 Å². The zero-order chi connectivity index (χ0) is 13.1. The first kappa shape index (κ1) is 13.1. The van der Waals surface area contributed by atoms with E-state index in [0.29, 0.717) is 5.92 Å². The molecule has 18 heavy (non-hydrogen) atoms. The van der Waals surface area contributed by atoms with Crippen LogP contribution < -0.4 is 0 Å². The lowest BCUT2D eigenvalue weighted by molar-refractivity contribution is -0.143. The SMILES string of the molecule is CCC1CCC(C(=O)O)C(c2ccc(C)nc2)C1. The van der Waals surface area contributed by atoms with E-state index in [4.69, 9.17) is 0 Å². The van der Waals surface area contributed by atoms with Crippen molar-refractivity contribution in [3.63, 3.8) is 0 Å². The number of pyridine rings is 1. The standard InChI is InChI=1S/C15H21NO2/c1-3-11-5-7-13(15(17)18)14(8-11)12-6-4-10(2)16-9-12/h4,6,9,11,13-14H,3,5,7-8H2,1-2H3,(H,17,18). The third-order valence-corrected chi connectivity index (χ3v) is 4.22. The van der Waals surface area contributed by atoms with Gasteiger partial charge in [0.25, 0.3) is 0 Å². The van der Waals surface area contributed by atoms with Gasteiger partial charge in [-0.15, -0.1) is 0 Å². The molecular weight excluding hydrogens is 226 g/mol. The summed E-state index contributed by atoms with van der Waals surface area (Å²) in [6, 6.07) is 4.02. The maximum Gasteiger partial charge on any atom is 0.307 e. The van der Waals surface area contributed by atoms with Crippen LogP contribution in [0.25, 0.3) is 0 Å². The van der Waals surface area contributed by atoms with Crippen LogP contribution in [-0.4, -0.2) is 16.1 Å². The van der Waals surface area contributed by atoms with E-state index in [9.17, 15) is 9.90 Å². The summed E-state index contributed by atoms with van der Waals surface area (Å²) < 4.78 is 0. The molecule has 1 aromatic rings. The summed E-state index contributed by atoms with van der Waals surface area (Å²) in [6.07, 6.45) is 5.82. The molecule has 98 valence electrons. The molecule has 3 heteroatoms. The van der Waals surface area contributed by atoms with Gasteiger partial charge in [0, 0.05) is 11.9 Å². The quantitative estimate of drug-likeness (QED) is 0.890. The minimum Gasteiger partial charge on any atom is -0.481 e. The fourth-order valence-electron chi connectivity index (χ4n) is 2.99. The zero-order valence-corrected chi connectivity index (χ0v) is 11.1. The van der Waals surface area contributed by atoms with Crippen LogP contribution in [0.5, 0.6) is 0 Å². The number of hydrogen-bond acceptors (Lipinski definition) is 2. The molecule has 0 aliphatic heterocycles. The highest BCUT2D eigenvalue weighted by atomic mass is 16.4. The fraction of sp³-hybridized carbons (Fsp3) is 0.600. The number of hydrogen-bond donors (Lipinski definition) is 1. The van der Waals surface area contributed by atoms with Crippen molar-refractivity contribution in [1.82, 2.24) is 4.98 Å². The van der Waals surface area contributed by atoms with Gasteiger partial charge in [0.1, 0.15) is 0 Å². The lowest BCUT2D eigenvalue weighted by Gasteiger charge is -2.33. The van der Waals surface area contributed by atoms with Gasteiger partial charge in [0.05, 0.1) is 5.92 Å². The van der Waals surface area contributed by atoms with Crippen LogP contribution >= 0.6 is 0 Å². The van der Waals surface area contributed by atoms with Crippen LogP contribution in [0.15, 0.2) is 18.3 Å². The van der Waals surface area contributed by atoms with Crippen LogP contribution in [0, 0.1) is 18.8 Å². The van der Waals surface area contributed by atoms with Crippen LogP contribution in [0.1, 0.15) is 49.8 Å². The Balaban J connectivity index is 2.24. The first-order valence-electron chi connectivity index (χ1n) is 6.77. The molecule has 1 aromatic heterocycles. The average molecular weight is 247 g/mol. The van der Waals surface area contributed by atoms with Gasteiger partial charge < -0.3 is 5.11 Å². The van der Waals surface area contributed by atoms with E-state index in [1.165, 1.54) is 0 Å². The Hall–Kier alpha value is -1.38. The Morgan fingerprint density at radius 3 is 2.78 bits per heavy atom. The van der Waals surface area contributed by atoms with E-state index in [0.717, 1.165) is 36.9 Å². The number of nitrogens with zero attached hydrogens (tertiary/aromatic N) is 1. The number of aryl methyl sites for hydroxylation is 1. The number of aromatic nitrogens is 1. The molecule has 1 fully saturated rings. The van der Waals surface area contributed by atoms with Crippen molar-refractivity contribution in [2.24, 2.45) is 11.8 Å². The summed E-state index contributed by atoms with van der Waals surface area (Å²) in [7, 11) is 0. The van der Waals surface area contributed by atoms with E-state index < -0.39 is 5.97 Å². The first-order valence-corrected chi connectivity index (χ1v) is 6.77. The molecule has 0 saturated heterocycles. The van der Waals surface area contributed by atoms with Crippen LogP contribution in [0.4, 0.5) is 0 Å². The fourth-order valence-corrected chi connectivity index (χ4v) is 2.99. The largest absolute Gasteiger partial charge is 0.481 e. The second-order valence-electron chi connectivity index (χ2n) is 5.37. The Labute approximate surface area is 108 Å². The summed E-state index contributed by atoms with van der Waals surface area (Å²) in [5, 5.41) is 9.36. The van der Waals surface area contributed by atoms with Crippen LogP contribution in [0.2, 0.25) is 0 Å². The van der Waals surface area contributed by atoms with E-state index in [-0.39, 0.29) is 11.8 Å². The van der Waals surface area contributed by atoms with Crippen molar-refractivity contribution in [3.8, 4) is 0 Å². The van der Waals surface area contributed by atoms with Gasteiger partial charge in [0.15, 0.2) is 0 Å². The van der Waals surface area contributed by atoms with Gasteiger partial charge in [-0.25, -0.2) is 0 Å².